The molecule has 2 heterocycles. The van der Waals surface area contributed by atoms with E-state index in [4.69, 9.17) is 9.15 Å². The molecule has 3 rings (SSSR count). The van der Waals surface area contributed by atoms with Gasteiger partial charge in [0.25, 0.3) is 0 Å². The molecule has 0 saturated heterocycles. The molecular weight excluding hydrogens is 238 g/mol. The molecule has 100 valence electrons. The van der Waals surface area contributed by atoms with E-state index in [2.05, 4.69) is 30.4 Å². The Morgan fingerprint density at radius 1 is 1.21 bits per heavy atom. The van der Waals surface area contributed by atoms with Gasteiger partial charge in [-0.15, -0.1) is 0 Å². The van der Waals surface area contributed by atoms with Crippen LogP contribution in [0.1, 0.15) is 35.6 Å². The highest BCUT2D eigenvalue weighted by molar-refractivity contribution is 5.53. The SMILES string of the molecule is Cc1cc(C(C)Nc2ccc3c(c2)CCO3)c(C)o1. The Hall–Kier alpha value is -1.90. The van der Waals surface area contributed by atoms with Crippen molar-refractivity contribution in [3.8, 4) is 5.75 Å². The number of fused-ring (bicyclic) bond motifs is 1. The standard InChI is InChI=1S/C16H19NO2/c1-10-8-15(12(3)19-10)11(2)17-14-4-5-16-13(9-14)6-7-18-16/h4-5,8-9,11,17H,6-7H2,1-3H3. The fourth-order valence-electron chi connectivity index (χ4n) is 2.68. The van der Waals surface area contributed by atoms with Crippen molar-refractivity contribution in [2.75, 3.05) is 11.9 Å². The number of anilines is 1. The van der Waals surface area contributed by atoms with Crippen molar-refractivity contribution in [3.05, 3.63) is 46.9 Å². The Morgan fingerprint density at radius 2 is 2.05 bits per heavy atom. The van der Waals surface area contributed by atoms with Crippen LogP contribution in [0.3, 0.4) is 0 Å². The lowest BCUT2D eigenvalue weighted by molar-refractivity contribution is 0.357. The van der Waals surface area contributed by atoms with Crippen LogP contribution in [0.4, 0.5) is 5.69 Å². The first-order valence-electron chi connectivity index (χ1n) is 6.72. The molecule has 1 aliphatic heterocycles. The van der Waals surface area contributed by atoms with Crippen LogP contribution in [0.25, 0.3) is 0 Å². The van der Waals surface area contributed by atoms with Crippen LogP contribution in [0.15, 0.2) is 28.7 Å². The lowest BCUT2D eigenvalue weighted by Crippen LogP contribution is -2.06. The van der Waals surface area contributed by atoms with E-state index in [9.17, 15) is 0 Å². The predicted molar refractivity (Wildman–Crippen MR) is 75.9 cm³/mol. The van der Waals surface area contributed by atoms with Crippen LogP contribution in [0.5, 0.6) is 5.75 Å². The molecule has 2 aromatic rings. The van der Waals surface area contributed by atoms with Crippen LogP contribution < -0.4 is 10.1 Å². The molecule has 3 nitrogen and oxygen atoms in total. The third-order valence-electron chi connectivity index (χ3n) is 3.62. The van der Waals surface area contributed by atoms with Crippen LogP contribution in [-0.4, -0.2) is 6.61 Å². The summed E-state index contributed by atoms with van der Waals surface area (Å²) in [4.78, 5) is 0. The van der Waals surface area contributed by atoms with E-state index in [0.29, 0.717) is 0 Å². The maximum absolute atomic E-state index is 5.59. The first-order chi connectivity index (χ1) is 9.13. The van der Waals surface area contributed by atoms with E-state index in [1.54, 1.807) is 0 Å². The zero-order valence-electron chi connectivity index (χ0n) is 11.6. The van der Waals surface area contributed by atoms with Crippen molar-refractivity contribution in [1.82, 2.24) is 0 Å². The summed E-state index contributed by atoms with van der Waals surface area (Å²) in [5.41, 5.74) is 3.64. The number of hydrogen-bond donors (Lipinski definition) is 1. The minimum atomic E-state index is 0.234. The second kappa shape index (κ2) is 4.65. The highest BCUT2D eigenvalue weighted by Gasteiger charge is 2.15. The molecule has 1 aromatic carbocycles. The summed E-state index contributed by atoms with van der Waals surface area (Å²) in [7, 11) is 0. The van der Waals surface area contributed by atoms with E-state index < -0.39 is 0 Å². The molecular formula is C16H19NO2. The molecule has 1 aromatic heterocycles. The van der Waals surface area contributed by atoms with Gasteiger partial charge in [0.1, 0.15) is 17.3 Å². The summed E-state index contributed by atoms with van der Waals surface area (Å²) < 4.78 is 11.1. The highest BCUT2D eigenvalue weighted by atomic mass is 16.5. The lowest BCUT2D eigenvalue weighted by atomic mass is 10.1. The quantitative estimate of drug-likeness (QED) is 0.902. The van der Waals surface area contributed by atoms with Gasteiger partial charge in [0.05, 0.1) is 12.6 Å². The molecule has 19 heavy (non-hydrogen) atoms. The largest absolute Gasteiger partial charge is 0.493 e. The highest BCUT2D eigenvalue weighted by Crippen LogP contribution is 2.30. The average molecular weight is 257 g/mol. The molecule has 1 atom stereocenters. The molecule has 1 N–H and O–H groups in total. The van der Waals surface area contributed by atoms with Crippen LogP contribution in [0.2, 0.25) is 0 Å². The van der Waals surface area contributed by atoms with E-state index in [-0.39, 0.29) is 6.04 Å². The number of hydrogen-bond acceptors (Lipinski definition) is 3. The minimum Gasteiger partial charge on any atom is -0.493 e. The van der Waals surface area contributed by atoms with Crippen molar-refractivity contribution in [1.29, 1.82) is 0 Å². The Kier molecular flexibility index (Phi) is 2.97. The Morgan fingerprint density at radius 3 is 2.79 bits per heavy atom. The van der Waals surface area contributed by atoms with Crippen molar-refractivity contribution in [3.63, 3.8) is 0 Å². The van der Waals surface area contributed by atoms with Crippen molar-refractivity contribution >= 4 is 5.69 Å². The summed E-state index contributed by atoms with van der Waals surface area (Å²) in [6.07, 6.45) is 1.00. The molecule has 1 aliphatic rings. The maximum atomic E-state index is 5.59. The lowest BCUT2D eigenvalue weighted by Gasteiger charge is -2.15. The van der Waals surface area contributed by atoms with E-state index in [1.165, 1.54) is 11.1 Å². The van der Waals surface area contributed by atoms with Crippen molar-refractivity contribution in [2.24, 2.45) is 0 Å². The van der Waals surface area contributed by atoms with Crippen molar-refractivity contribution in [2.45, 2.75) is 33.2 Å². The topological polar surface area (TPSA) is 34.4 Å². The first kappa shape index (κ1) is 12.2. The second-order valence-corrected chi connectivity index (χ2v) is 5.16. The van der Waals surface area contributed by atoms with Gasteiger partial charge in [-0.2, -0.15) is 0 Å². The fourth-order valence-corrected chi connectivity index (χ4v) is 2.68. The number of ether oxygens (including phenoxy) is 1. The van der Waals surface area contributed by atoms with Crippen LogP contribution in [-0.2, 0) is 6.42 Å². The van der Waals surface area contributed by atoms with E-state index >= 15 is 0 Å². The zero-order chi connectivity index (χ0) is 13.4. The molecule has 0 amide bonds. The monoisotopic (exact) mass is 257 g/mol. The minimum absolute atomic E-state index is 0.234. The van der Waals surface area contributed by atoms with Gasteiger partial charge in [-0.05, 0) is 50.6 Å². The summed E-state index contributed by atoms with van der Waals surface area (Å²) in [5, 5.41) is 3.53. The number of benzene rings is 1. The van der Waals surface area contributed by atoms with Gasteiger partial charge in [-0.1, -0.05) is 0 Å². The first-order valence-corrected chi connectivity index (χ1v) is 6.72. The zero-order valence-corrected chi connectivity index (χ0v) is 11.6. The average Bonchev–Trinajstić information content (AvgIpc) is 2.94. The smallest absolute Gasteiger partial charge is 0.122 e. The third-order valence-corrected chi connectivity index (χ3v) is 3.62. The van der Waals surface area contributed by atoms with Crippen LogP contribution in [0, 0.1) is 13.8 Å². The summed E-state index contributed by atoms with van der Waals surface area (Å²) in [6.45, 7) is 6.95. The van der Waals surface area contributed by atoms with Gasteiger partial charge in [-0.25, -0.2) is 0 Å². The number of nitrogens with one attached hydrogen (secondary N) is 1. The van der Waals surface area contributed by atoms with Gasteiger partial charge in [0.2, 0.25) is 0 Å². The van der Waals surface area contributed by atoms with E-state index in [0.717, 1.165) is 36.0 Å². The number of aryl methyl sites for hydroxylation is 2. The normalized spacial score (nSPS) is 14.9. The fraction of sp³-hybridized carbons (Fsp3) is 0.375. The Bertz CT molecular complexity index is 601. The molecule has 0 spiro atoms. The third kappa shape index (κ3) is 2.33. The molecule has 3 heteroatoms. The van der Waals surface area contributed by atoms with Gasteiger partial charge >= 0.3 is 0 Å². The molecule has 0 aliphatic carbocycles. The Balaban J connectivity index is 1.79. The summed E-state index contributed by atoms with van der Waals surface area (Å²) in [5.74, 6) is 2.97. The number of rotatable bonds is 3. The molecule has 0 radical (unpaired) electrons. The molecule has 0 bridgehead atoms. The van der Waals surface area contributed by atoms with E-state index in [1.807, 2.05) is 19.9 Å². The molecule has 0 fully saturated rings. The molecule has 0 saturated carbocycles. The number of furan rings is 1. The predicted octanol–water partition coefficient (Wildman–Crippen LogP) is 4.00. The maximum Gasteiger partial charge on any atom is 0.122 e. The molecule has 1 unspecified atom stereocenters. The Labute approximate surface area is 113 Å². The second-order valence-electron chi connectivity index (χ2n) is 5.16. The van der Waals surface area contributed by atoms with Crippen LogP contribution >= 0.6 is 0 Å². The van der Waals surface area contributed by atoms with Gasteiger partial charge in [0, 0.05) is 17.7 Å². The van der Waals surface area contributed by atoms with Crippen molar-refractivity contribution < 1.29 is 9.15 Å². The van der Waals surface area contributed by atoms with Gasteiger partial charge in [0.15, 0.2) is 0 Å². The van der Waals surface area contributed by atoms with Gasteiger partial charge in [-0.3, -0.25) is 0 Å². The van der Waals surface area contributed by atoms with Gasteiger partial charge < -0.3 is 14.5 Å². The summed E-state index contributed by atoms with van der Waals surface area (Å²) >= 11 is 0. The summed E-state index contributed by atoms with van der Waals surface area (Å²) in [6, 6.07) is 8.64.